The van der Waals surface area contributed by atoms with Gasteiger partial charge in [0.1, 0.15) is 5.82 Å². The van der Waals surface area contributed by atoms with Gasteiger partial charge in [0.05, 0.1) is 28.9 Å². The number of hydrogen-bond donors (Lipinski definition) is 1. The van der Waals surface area contributed by atoms with Crippen molar-refractivity contribution in [2.45, 2.75) is 13.8 Å². The SMILES string of the molecule is Cc1nn(-c2ccc(F)cc2)c(C)c1/C=N\NC(=O)c1cccnc1. The molecule has 0 aliphatic heterocycles. The van der Waals surface area contributed by atoms with E-state index in [9.17, 15) is 9.18 Å². The molecule has 0 aliphatic rings. The van der Waals surface area contributed by atoms with Crippen molar-refractivity contribution in [1.29, 1.82) is 0 Å². The highest BCUT2D eigenvalue weighted by atomic mass is 19.1. The Morgan fingerprint density at radius 1 is 1.24 bits per heavy atom. The molecule has 2 heterocycles. The van der Waals surface area contributed by atoms with Gasteiger partial charge < -0.3 is 0 Å². The summed E-state index contributed by atoms with van der Waals surface area (Å²) in [6, 6.07) is 9.40. The van der Waals surface area contributed by atoms with Gasteiger partial charge in [-0.3, -0.25) is 9.78 Å². The average Bonchev–Trinajstić information content (AvgIpc) is 2.91. The van der Waals surface area contributed by atoms with Crippen LogP contribution in [0.1, 0.15) is 27.3 Å². The van der Waals surface area contributed by atoms with Gasteiger partial charge in [0.25, 0.3) is 5.91 Å². The largest absolute Gasteiger partial charge is 0.272 e. The van der Waals surface area contributed by atoms with E-state index in [4.69, 9.17) is 0 Å². The van der Waals surface area contributed by atoms with Crippen LogP contribution < -0.4 is 5.43 Å². The number of nitrogens with zero attached hydrogens (tertiary/aromatic N) is 4. The first-order valence-corrected chi connectivity index (χ1v) is 7.62. The summed E-state index contributed by atoms with van der Waals surface area (Å²) >= 11 is 0. The lowest BCUT2D eigenvalue weighted by atomic mass is 10.2. The van der Waals surface area contributed by atoms with E-state index < -0.39 is 0 Å². The van der Waals surface area contributed by atoms with E-state index in [2.05, 4.69) is 20.6 Å². The van der Waals surface area contributed by atoms with E-state index in [1.165, 1.54) is 18.3 Å². The number of carbonyl (C=O) groups is 1. The molecule has 1 aromatic carbocycles. The molecule has 3 aromatic rings. The summed E-state index contributed by atoms with van der Waals surface area (Å²) in [4.78, 5) is 15.8. The van der Waals surface area contributed by atoms with Gasteiger partial charge >= 0.3 is 0 Å². The van der Waals surface area contributed by atoms with Crippen molar-refractivity contribution in [2.75, 3.05) is 0 Å². The van der Waals surface area contributed by atoms with Crippen LogP contribution >= 0.6 is 0 Å². The predicted molar refractivity (Wildman–Crippen MR) is 92.3 cm³/mol. The van der Waals surface area contributed by atoms with Crippen LogP contribution in [0.25, 0.3) is 5.69 Å². The molecule has 0 unspecified atom stereocenters. The van der Waals surface area contributed by atoms with Crippen LogP contribution in [-0.4, -0.2) is 26.9 Å². The summed E-state index contributed by atoms with van der Waals surface area (Å²) in [7, 11) is 0. The molecule has 0 spiro atoms. The van der Waals surface area contributed by atoms with Crippen molar-refractivity contribution >= 4 is 12.1 Å². The standard InChI is InChI=1S/C18H16FN5O/c1-12-17(11-21-22-18(25)14-4-3-9-20-10-14)13(2)24(23-12)16-7-5-15(19)6-8-16/h3-11H,1-2H3,(H,22,25)/b21-11-. The molecule has 0 aliphatic carbocycles. The molecule has 0 atom stereocenters. The number of carbonyl (C=O) groups excluding carboxylic acids is 1. The Morgan fingerprint density at radius 3 is 2.68 bits per heavy atom. The molecule has 0 saturated heterocycles. The molecule has 1 amide bonds. The van der Waals surface area contributed by atoms with Crippen LogP contribution in [-0.2, 0) is 0 Å². The van der Waals surface area contributed by atoms with Crippen LogP contribution in [0, 0.1) is 19.7 Å². The Labute approximate surface area is 144 Å². The second-order valence-corrected chi connectivity index (χ2v) is 5.41. The maximum Gasteiger partial charge on any atom is 0.272 e. The van der Waals surface area contributed by atoms with Crippen molar-refractivity contribution in [3.05, 3.63) is 77.1 Å². The molecule has 7 heteroatoms. The lowest BCUT2D eigenvalue weighted by Crippen LogP contribution is -2.17. The Balaban J connectivity index is 1.79. The monoisotopic (exact) mass is 337 g/mol. The summed E-state index contributed by atoms with van der Waals surface area (Å²) < 4.78 is 14.8. The zero-order chi connectivity index (χ0) is 17.8. The van der Waals surface area contributed by atoms with Crippen molar-refractivity contribution in [1.82, 2.24) is 20.2 Å². The Morgan fingerprint density at radius 2 is 2.00 bits per heavy atom. The van der Waals surface area contributed by atoms with Crippen LogP contribution in [0.15, 0.2) is 53.9 Å². The molecular formula is C18H16FN5O. The van der Waals surface area contributed by atoms with Crippen molar-refractivity contribution in [3.63, 3.8) is 0 Å². The number of benzene rings is 1. The fourth-order valence-corrected chi connectivity index (χ4v) is 2.39. The quantitative estimate of drug-likeness (QED) is 0.588. The molecule has 25 heavy (non-hydrogen) atoms. The van der Waals surface area contributed by atoms with Gasteiger partial charge in [0.15, 0.2) is 0 Å². The molecule has 2 aromatic heterocycles. The second-order valence-electron chi connectivity index (χ2n) is 5.41. The molecule has 0 fully saturated rings. The highest BCUT2D eigenvalue weighted by Crippen LogP contribution is 2.16. The zero-order valence-electron chi connectivity index (χ0n) is 13.8. The summed E-state index contributed by atoms with van der Waals surface area (Å²) in [6.45, 7) is 3.73. The van der Waals surface area contributed by atoms with E-state index in [0.717, 1.165) is 22.6 Å². The third-order valence-corrected chi connectivity index (χ3v) is 3.70. The van der Waals surface area contributed by atoms with E-state index in [1.54, 1.807) is 41.4 Å². The molecule has 1 N–H and O–H groups in total. The summed E-state index contributed by atoms with van der Waals surface area (Å²) in [5, 5.41) is 8.44. The average molecular weight is 337 g/mol. The summed E-state index contributed by atoms with van der Waals surface area (Å²) in [5.41, 5.74) is 6.01. The normalized spacial score (nSPS) is 11.0. The minimum atomic E-state index is -0.342. The van der Waals surface area contributed by atoms with Crippen LogP contribution in [0.2, 0.25) is 0 Å². The fourth-order valence-electron chi connectivity index (χ4n) is 2.39. The number of nitrogens with one attached hydrogen (secondary N) is 1. The van der Waals surface area contributed by atoms with Gasteiger partial charge in [-0.2, -0.15) is 10.2 Å². The van der Waals surface area contributed by atoms with Crippen LogP contribution in [0.3, 0.4) is 0 Å². The molecule has 0 saturated carbocycles. The number of hydrazone groups is 1. The lowest BCUT2D eigenvalue weighted by Gasteiger charge is -2.04. The van der Waals surface area contributed by atoms with Crippen LogP contribution in [0.4, 0.5) is 4.39 Å². The van der Waals surface area contributed by atoms with Crippen molar-refractivity contribution in [3.8, 4) is 5.69 Å². The van der Waals surface area contributed by atoms with Gasteiger partial charge in [-0.05, 0) is 50.2 Å². The Hall–Kier alpha value is -3.35. The minimum Gasteiger partial charge on any atom is -0.267 e. The number of halogens is 1. The van der Waals surface area contributed by atoms with Crippen molar-refractivity contribution < 1.29 is 9.18 Å². The molecular weight excluding hydrogens is 321 g/mol. The second kappa shape index (κ2) is 7.04. The first-order chi connectivity index (χ1) is 12.1. The Bertz CT molecular complexity index is 917. The highest BCUT2D eigenvalue weighted by molar-refractivity contribution is 5.94. The third-order valence-electron chi connectivity index (χ3n) is 3.70. The molecule has 126 valence electrons. The number of amides is 1. The van der Waals surface area contributed by atoms with E-state index >= 15 is 0 Å². The maximum atomic E-state index is 13.1. The smallest absolute Gasteiger partial charge is 0.267 e. The topological polar surface area (TPSA) is 72.2 Å². The van der Waals surface area contributed by atoms with Gasteiger partial charge in [-0.15, -0.1) is 0 Å². The van der Waals surface area contributed by atoms with Crippen molar-refractivity contribution in [2.24, 2.45) is 5.10 Å². The zero-order valence-corrected chi connectivity index (χ0v) is 13.8. The van der Waals surface area contributed by atoms with E-state index in [0.29, 0.717) is 5.56 Å². The van der Waals surface area contributed by atoms with Gasteiger partial charge in [-0.25, -0.2) is 14.5 Å². The number of aromatic nitrogens is 3. The molecule has 0 bridgehead atoms. The van der Waals surface area contributed by atoms with Crippen LogP contribution in [0.5, 0.6) is 0 Å². The first kappa shape index (κ1) is 16.5. The van der Waals surface area contributed by atoms with E-state index in [1.807, 2.05) is 13.8 Å². The number of aryl methyl sites for hydroxylation is 1. The lowest BCUT2D eigenvalue weighted by molar-refractivity contribution is 0.0955. The third kappa shape index (κ3) is 3.60. The van der Waals surface area contributed by atoms with Gasteiger partial charge in [0.2, 0.25) is 0 Å². The molecule has 6 nitrogen and oxygen atoms in total. The highest BCUT2D eigenvalue weighted by Gasteiger charge is 2.11. The number of pyridine rings is 1. The molecule has 0 radical (unpaired) electrons. The van der Waals surface area contributed by atoms with E-state index in [-0.39, 0.29) is 11.7 Å². The minimum absolute atomic E-state index is 0.301. The predicted octanol–water partition coefficient (Wildman–Crippen LogP) is 2.79. The number of hydrogen-bond acceptors (Lipinski definition) is 4. The maximum absolute atomic E-state index is 13.1. The Kier molecular flexibility index (Phi) is 4.65. The summed E-state index contributed by atoms with van der Waals surface area (Å²) in [6.07, 6.45) is 4.61. The number of rotatable bonds is 4. The van der Waals surface area contributed by atoms with Gasteiger partial charge in [-0.1, -0.05) is 0 Å². The fraction of sp³-hybridized carbons (Fsp3) is 0.111. The summed E-state index contributed by atoms with van der Waals surface area (Å²) in [5.74, 6) is -0.643. The molecule has 3 rings (SSSR count). The first-order valence-electron chi connectivity index (χ1n) is 7.62. The van der Waals surface area contributed by atoms with Gasteiger partial charge in [0, 0.05) is 18.0 Å².